The smallest absolute Gasteiger partial charge is 0.411 e. The lowest BCUT2D eigenvalue weighted by atomic mass is 10.1. The quantitative estimate of drug-likeness (QED) is 0.440. The Balaban J connectivity index is 4.91. The molecular weight excluding hydrogens is 322 g/mol. The highest BCUT2D eigenvalue weighted by molar-refractivity contribution is 5.87. The fourth-order valence-corrected chi connectivity index (χ4v) is 1.15. The van der Waals surface area contributed by atoms with Crippen LogP contribution in [-0.4, -0.2) is 36.5 Å². The van der Waals surface area contributed by atoms with Gasteiger partial charge in [0.25, 0.3) is 0 Å². The van der Waals surface area contributed by atoms with Crippen molar-refractivity contribution in [2.24, 2.45) is 5.92 Å². The first-order chi connectivity index (χ1) is 9.58. The van der Waals surface area contributed by atoms with Crippen LogP contribution in [0.1, 0.15) is 20.8 Å². The molecule has 22 heavy (non-hydrogen) atoms. The monoisotopic (exact) mass is 336 g/mol. The van der Waals surface area contributed by atoms with Crippen LogP contribution in [0.5, 0.6) is 0 Å². The lowest BCUT2D eigenvalue weighted by Gasteiger charge is -2.27. The summed E-state index contributed by atoms with van der Waals surface area (Å²) in [4.78, 5) is 22.3. The van der Waals surface area contributed by atoms with E-state index in [1.54, 1.807) is 0 Å². The van der Waals surface area contributed by atoms with Crippen LogP contribution >= 0.6 is 0 Å². The van der Waals surface area contributed by atoms with Gasteiger partial charge in [0.05, 0.1) is 0 Å². The van der Waals surface area contributed by atoms with Crippen LogP contribution in [0.15, 0.2) is 12.2 Å². The van der Waals surface area contributed by atoms with Crippen molar-refractivity contribution in [1.29, 1.82) is 0 Å². The molecule has 0 aliphatic rings. The number of carbonyl (C=O) groups is 2. The number of rotatable bonds is 5. The Hall–Kier alpha value is -1.74. The minimum absolute atomic E-state index is 0.0390. The maximum absolute atomic E-state index is 12.3. The van der Waals surface area contributed by atoms with Gasteiger partial charge in [-0.3, -0.25) is 4.79 Å². The van der Waals surface area contributed by atoms with Gasteiger partial charge in [0.15, 0.2) is 0 Å². The molecule has 0 fully saturated rings. The third-order valence-electron chi connectivity index (χ3n) is 2.17. The van der Waals surface area contributed by atoms with E-state index < -0.39 is 42.4 Å². The van der Waals surface area contributed by atoms with Crippen LogP contribution in [0.2, 0.25) is 0 Å². The number of hydrogen-bond acceptors (Lipinski definition) is 4. The molecule has 0 aromatic heterocycles. The topological polar surface area (TPSA) is 52.6 Å². The molecule has 0 unspecified atom stereocenters. The Morgan fingerprint density at radius 1 is 1.05 bits per heavy atom. The third-order valence-corrected chi connectivity index (χ3v) is 2.17. The van der Waals surface area contributed by atoms with Gasteiger partial charge >= 0.3 is 24.3 Å². The average Bonchev–Trinajstić information content (AvgIpc) is 2.21. The standard InChI is InChI=1S/C12H14F6O4/c1-6(2)8(19)22-10(3,4)5-21-9(20)7(11(13,14)15)12(16,17)18/h7H,1,5H2,2-4H3. The Labute approximate surface area is 122 Å². The largest absolute Gasteiger partial charge is 0.461 e. The zero-order chi connectivity index (χ0) is 17.9. The summed E-state index contributed by atoms with van der Waals surface area (Å²) in [7, 11) is 0. The minimum atomic E-state index is -5.84. The number of carbonyl (C=O) groups excluding carboxylic acids is 2. The van der Waals surface area contributed by atoms with E-state index in [0.29, 0.717) is 0 Å². The molecule has 0 saturated heterocycles. The number of esters is 2. The van der Waals surface area contributed by atoms with Crippen LogP contribution < -0.4 is 0 Å². The maximum atomic E-state index is 12.3. The van der Waals surface area contributed by atoms with Crippen molar-refractivity contribution < 1.29 is 45.4 Å². The molecule has 0 aliphatic heterocycles. The molecule has 10 heteroatoms. The molecular formula is C12H14F6O4. The average molecular weight is 336 g/mol. The Morgan fingerprint density at radius 2 is 1.45 bits per heavy atom. The molecule has 4 nitrogen and oxygen atoms in total. The molecule has 0 bridgehead atoms. The molecule has 0 amide bonds. The summed E-state index contributed by atoms with van der Waals surface area (Å²) in [5.41, 5.74) is -1.66. The first-order valence-corrected chi connectivity index (χ1v) is 5.77. The molecule has 0 aromatic carbocycles. The van der Waals surface area contributed by atoms with Crippen molar-refractivity contribution >= 4 is 11.9 Å². The molecule has 0 N–H and O–H groups in total. The lowest BCUT2D eigenvalue weighted by Crippen LogP contribution is -2.45. The first kappa shape index (κ1) is 20.3. The summed E-state index contributed by atoms with van der Waals surface area (Å²) in [6.45, 7) is 5.85. The molecule has 0 radical (unpaired) electrons. The third kappa shape index (κ3) is 6.35. The minimum Gasteiger partial charge on any atom is -0.461 e. The van der Waals surface area contributed by atoms with Gasteiger partial charge in [-0.05, 0) is 20.8 Å². The molecule has 0 spiro atoms. The van der Waals surface area contributed by atoms with Gasteiger partial charge in [-0.25, -0.2) is 4.79 Å². The van der Waals surface area contributed by atoms with Gasteiger partial charge in [0, 0.05) is 5.57 Å². The Bertz CT molecular complexity index is 436. The maximum Gasteiger partial charge on any atom is 0.411 e. The second-order valence-corrected chi connectivity index (χ2v) is 5.05. The summed E-state index contributed by atoms with van der Waals surface area (Å²) in [5, 5.41) is 0. The first-order valence-electron chi connectivity index (χ1n) is 5.77. The normalized spacial score (nSPS) is 13.0. The van der Waals surface area contributed by atoms with E-state index in [0.717, 1.165) is 13.8 Å². The zero-order valence-electron chi connectivity index (χ0n) is 11.9. The van der Waals surface area contributed by atoms with Crippen LogP contribution in [0.25, 0.3) is 0 Å². The molecule has 0 heterocycles. The zero-order valence-corrected chi connectivity index (χ0v) is 11.9. The fraction of sp³-hybridized carbons (Fsp3) is 0.667. The van der Waals surface area contributed by atoms with E-state index >= 15 is 0 Å². The van der Waals surface area contributed by atoms with E-state index in [-0.39, 0.29) is 5.57 Å². The van der Waals surface area contributed by atoms with Crippen molar-refractivity contribution in [3.8, 4) is 0 Å². The van der Waals surface area contributed by atoms with Gasteiger partial charge in [-0.1, -0.05) is 6.58 Å². The summed E-state index contributed by atoms with van der Waals surface area (Å²) in [6.07, 6.45) is -11.7. The molecule has 0 aliphatic carbocycles. The van der Waals surface area contributed by atoms with Gasteiger partial charge in [-0.2, -0.15) is 26.3 Å². The summed E-state index contributed by atoms with van der Waals surface area (Å²) in [5.74, 6) is -7.70. The molecule has 0 aromatic rings. The lowest BCUT2D eigenvalue weighted by molar-refractivity contribution is -0.283. The van der Waals surface area contributed by atoms with E-state index in [1.807, 2.05) is 0 Å². The number of alkyl halides is 6. The van der Waals surface area contributed by atoms with Crippen molar-refractivity contribution in [1.82, 2.24) is 0 Å². The number of ether oxygens (including phenoxy) is 2. The van der Waals surface area contributed by atoms with E-state index in [4.69, 9.17) is 4.74 Å². The van der Waals surface area contributed by atoms with Crippen LogP contribution in [0.4, 0.5) is 26.3 Å². The van der Waals surface area contributed by atoms with Crippen molar-refractivity contribution in [3.63, 3.8) is 0 Å². The van der Waals surface area contributed by atoms with E-state index in [2.05, 4.69) is 11.3 Å². The SMILES string of the molecule is C=C(C)C(=O)OC(C)(C)COC(=O)C(C(F)(F)F)C(F)(F)F. The van der Waals surface area contributed by atoms with Crippen LogP contribution in [-0.2, 0) is 19.1 Å². The van der Waals surface area contributed by atoms with Gasteiger partial charge < -0.3 is 9.47 Å². The second kappa shape index (κ2) is 6.57. The predicted octanol–water partition coefficient (Wildman–Crippen LogP) is 3.17. The number of hydrogen-bond donors (Lipinski definition) is 0. The Morgan fingerprint density at radius 3 is 1.77 bits per heavy atom. The van der Waals surface area contributed by atoms with E-state index in [1.165, 1.54) is 6.92 Å². The summed E-state index contributed by atoms with van der Waals surface area (Å²) < 4.78 is 82.4. The predicted molar refractivity (Wildman–Crippen MR) is 61.5 cm³/mol. The second-order valence-electron chi connectivity index (χ2n) is 5.05. The molecule has 0 rings (SSSR count). The highest BCUT2D eigenvalue weighted by Gasteiger charge is 2.62. The molecule has 128 valence electrons. The van der Waals surface area contributed by atoms with Crippen molar-refractivity contribution in [2.45, 2.75) is 38.7 Å². The molecule has 0 saturated carbocycles. The highest BCUT2D eigenvalue weighted by Crippen LogP contribution is 2.40. The van der Waals surface area contributed by atoms with Gasteiger partial charge in [0.2, 0.25) is 5.92 Å². The van der Waals surface area contributed by atoms with Crippen LogP contribution in [0.3, 0.4) is 0 Å². The number of halogens is 6. The Kier molecular flexibility index (Phi) is 6.05. The molecule has 0 atom stereocenters. The highest BCUT2D eigenvalue weighted by atomic mass is 19.4. The summed E-state index contributed by atoms with van der Waals surface area (Å²) in [6, 6.07) is 0. The van der Waals surface area contributed by atoms with E-state index in [9.17, 15) is 35.9 Å². The summed E-state index contributed by atoms with van der Waals surface area (Å²) >= 11 is 0. The van der Waals surface area contributed by atoms with Gasteiger partial charge in [-0.15, -0.1) is 0 Å². The van der Waals surface area contributed by atoms with Crippen molar-refractivity contribution in [2.75, 3.05) is 6.61 Å². The van der Waals surface area contributed by atoms with Gasteiger partial charge in [0.1, 0.15) is 12.2 Å². The fourth-order valence-electron chi connectivity index (χ4n) is 1.15. The van der Waals surface area contributed by atoms with Crippen LogP contribution in [0, 0.1) is 5.92 Å². The van der Waals surface area contributed by atoms with Crippen molar-refractivity contribution in [3.05, 3.63) is 12.2 Å².